The molecule has 2 aromatic carbocycles. The second-order valence-electron chi connectivity index (χ2n) is 3.99. The molecule has 0 radical (unpaired) electrons. The lowest BCUT2D eigenvalue weighted by Crippen LogP contribution is -1.90. The molecule has 0 saturated carbocycles. The summed E-state index contributed by atoms with van der Waals surface area (Å²) < 4.78 is 26.4. The van der Waals surface area contributed by atoms with Gasteiger partial charge in [0.2, 0.25) is 0 Å². The van der Waals surface area contributed by atoms with Crippen molar-refractivity contribution in [1.82, 2.24) is 0 Å². The number of hydrogen-bond donors (Lipinski definition) is 0. The molecule has 0 nitrogen and oxygen atoms in total. The molecule has 0 fully saturated rings. The van der Waals surface area contributed by atoms with Crippen LogP contribution in [0.25, 0.3) is 11.1 Å². The summed E-state index contributed by atoms with van der Waals surface area (Å²) in [5, 5.41) is 0.558. The highest BCUT2D eigenvalue weighted by Gasteiger charge is 2.14. The third-order valence-corrected chi connectivity index (χ3v) is 3.00. The predicted molar refractivity (Wildman–Crippen MR) is 76.1 cm³/mol. The average Bonchev–Trinajstić information content (AvgIpc) is 2.40. The van der Waals surface area contributed by atoms with Crippen LogP contribution in [-0.2, 0) is 0 Å². The molecule has 0 spiro atoms. The Kier molecular flexibility index (Phi) is 4.13. The lowest BCUT2D eigenvalue weighted by molar-refractivity contribution is 0.427. The Morgan fingerprint density at radius 3 is 1.95 bits per heavy atom. The molecular weight excluding hydrogens is 266 g/mol. The van der Waals surface area contributed by atoms with E-state index in [1.54, 1.807) is 54.6 Å². The minimum Gasteiger partial charge on any atom is -0.173 e. The van der Waals surface area contributed by atoms with Gasteiger partial charge in [0.1, 0.15) is 0 Å². The summed E-state index contributed by atoms with van der Waals surface area (Å²) >= 11 is 5.79. The fourth-order valence-corrected chi connectivity index (χ4v) is 1.92. The van der Waals surface area contributed by atoms with E-state index in [2.05, 4.69) is 6.58 Å². The Morgan fingerprint density at radius 2 is 1.42 bits per heavy atom. The molecule has 2 rings (SSSR count). The fraction of sp³-hybridized carbons (Fsp3) is 0. The molecule has 0 atom stereocenters. The number of halogens is 3. The van der Waals surface area contributed by atoms with Crippen molar-refractivity contribution in [2.24, 2.45) is 0 Å². The van der Waals surface area contributed by atoms with Gasteiger partial charge in [-0.25, -0.2) is 0 Å². The molecule has 0 aliphatic carbocycles. The molecule has 19 heavy (non-hydrogen) atoms. The van der Waals surface area contributed by atoms with Crippen molar-refractivity contribution in [2.75, 3.05) is 0 Å². The molecule has 0 amide bonds. The molecule has 0 aliphatic rings. The van der Waals surface area contributed by atoms with Gasteiger partial charge in [-0.3, -0.25) is 0 Å². The maximum absolute atomic E-state index is 13.2. The summed E-state index contributed by atoms with van der Waals surface area (Å²) in [6.45, 7) is 3.77. The largest absolute Gasteiger partial charge is 0.278 e. The molecule has 3 heteroatoms. The van der Waals surface area contributed by atoms with E-state index in [1.165, 1.54) is 0 Å². The van der Waals surface area contributed by atoms with Crippen LogP contribution >= 0.6 is 11.6 Å². The van der Waals surface area contributed by atoms with Crippen molar-refractivity contribution in [3.63, 3.8) is 0 Å². The van der Waals surface area contributed by atoms with Crippen molar-refractivity contribution >= 4 is 22.7 Å². The van der Waals surface area contributed by atoms with Crippen LogP contribution in [0, 0.1) is 0 Å². The third-order valence-electron chi connectivity index (χ3n) is 2.75. The lowest BCUT2D eigenvalue weighted by Gasteiger charge is -2.10. The molecule has 0 aliphatic heterocycles. The molecule has 0 aromatic heterocycles. The summed E-state index contributed by atoms with van der Waals surface area (Å²) in [4.78, 5) is 0. The zero-order chi connectivity index (χ0) is 13.8. The number of hydrogen-bond acceptors (Lipinski definition) is 0. The van der Waals surface area contributed by atoms with Crippen LogP contribution in [0.1, 0.15) is 11.1 Å². The zero-order valence-electron chi connectivity index (χ0n) is 10.0. The third kappa shape index (κ3) is 3.09. The first-order chi connectivity index (χ1) is 9.09. The zero-order valence-corrected chi connectivity index (χ0v) is 10.8. The van der Waals surface area contributed by atoms with E-state index in [9.17, 15) is 8.78 Å². The predicted octanol–water partition coefficient (Wildman–Crippen LogP) is 5.66. The SMILES string of the molecule is C=C(C(=C(F)F)c1ccccc1)c1ccc(Cl)cc1. The van der Waals surface area contributed by atoms with Gasteiger partial charge in [0.15, 0.2) is 0 Å². The highest BCUT2D eigenvalue weighted by Crippen LogP contribution is 2.33. The summed E-state index contributed by atoms with van der Waals surface area (Å²) in [7, 11) is 0. The van der Waals surface area contributed by atoms with Gasteiger partial charge in [0.05, 0.1) is 5.57 Å². The average molecular weight is 277 g/mol. The van der Waals surface area contributed by atoms with Crippen molar-refractivity contribution in [2.45, 2.75) is 0 Å². The smallest absolute Gasteiger partial charge is 0.173 e. The molecular formula is C16H11ClF2. The van der Waals surface area contributed by atoms with Crippen LogP contribution < -0.4 is 0 Å². The minimum absolute atomic E-state index is 0.136. The van der Waals surface area contributed by atoms with E-state index in [4.69, 9.17) is 11.6 Å². The molecule has 0 heterocycles. The van der Waals surface area contributed by atoms with Crippen molar-refractivity contribution in [3.05, 3.63) is 83.4 Å². The Balaban J connectivity index is 2.45. The van der Waals surface area contributed by atoms with Gasteiger partial charge < -0.3 is 0 Å². The maximum atomic E-state index is 13.2. The number of allylic oxidation sites excluding steroid dienone is 2. The summed E-state index contributed by atoms with van der Waals surface area (Å²) in [5.41, 5.74) is 1.21. The first-order valence-electron chi connectivity index (χ1n) is 5.65. The lowest BCUT2D eigenvalue weighted by atomic mass is 9.94. The second kappa shape index (κ2) is 5.81. The van der Waals surface area contributed by atoms with Gasteiger partial charge in [-0.15, -0.1) is 0 Å². The van der Waals surface area contributed by atoms with Crippen LogP contribution in [0.2, 0.25) is 5.02 Å². The van der Waals surface area contributed by atoms with Crippen LogP contribution in [-0.4, -0.2) is 0 Å². The summed E-state index contributed by atoms with van der Waals surface area (Å²) in [6, 6.07) is 15.1. The fourth-order valence-electron chi connectivity index (χ4n) is 1.80. The first kappa shape index (κ1) is 13.5. The maximum Gasteiger partial charge on any atom is 0.278 e. The Labute approximate surface area is 115 Å². The summed E-state index contributed by atoms with van der Waals surface area (Å²) in [5.74, 6) is 0. The molecule has 0 N–H and O–H groups in total. The quantitative estimate of drug-likeness (QED) is 0.635. The Morgan fingerprint density at radius 1 is 0.842 bits per heavy atom. The molecule has 2 aromatic rings. The Hall–Kier alpha value is -1.93. The van der Waals surface area contributed by atoms with Crippen molar-refractivity contribution in [1.29, 1.82) is 0 Å². The monoisotopic (exact) mass is 276 g/mol. The standard InChI is InChI=1S/C16H11ClF2/c1-11(12-7-9-14(17)10-8-12)15(16(18)19)13-5-3-2-4-6-13/h2-10H,1H2. The van der Waals surface area contributed by atoms with Crippen LogP contribution in [0.3, 0.4) is 0 Å². The van der Waals surface area contributed by atoms with Crippen LogP contribution in [0.4, 0.5) is 8.78 Å². The van der Waals surface area contributed by atoms with Crippen LogP contribution in [0.5, 0.6) is 0 Å². The molecule has 96 valence electrons. The van der Waals surface area contributed by atoms with E-state index in [-0.39, 0.29) is 11.1 Å². The molecule has 0 saturated heterocycles. The first-order valence-corrected chi connectivity index (χ1v) is 6.03. The van der Waals surface area contributed by atoms with Gasteiger partial charge in [0, 0.05) is 5.02 Å². The topological polar surface area (TPSA) is 0 Å². The van der Waals surface area contributed by atoms with Gasteiger partial charge in [0.25, 0.3) is 6.08 Å². The minimum atomic E-state index is -1.74. The highest BCUT2D eigenvalue weighted by molar-refractivity contribution is 6.30. The van der Waals surface area contributed by atoms with E-state index < -0.39 is 6.08 Å². The highest BCUT2D eigenvalue weighted by atomic mass is 35.5. The van der Waals surface area contributed by atoms with Gasteiger partial charge in [-0.1, -0.05) is 60.6 Å². The van der Waals surface area contributed by atoms with Gasteiger partial charge >= 0.3 is 0 Å². The Bertz CT molecular complexity index is 609. The molecule has 0 unspecified atom stereocenters. The van der Waals surface area contributed by atoms with E-state index >= 15 is 0 Å². The van der Waals surface area contributed by atoms with Crippen molar-refractivity contribution in [3.8, 4) is 0 Å². The van der Waals surface area contributed by atoms with Crippen molar-refractivity contribution < 1.29 is 8.78 Å². The normalized spacial score (nSPS) is 10.1. The van der Waals surface area contributed by atoms with Gasteiger partial charge in [-0.2, -0.15) is 8.78 Å². The van der Waals surface area contributed by atoms with E-state index in [0.717, 1.165) is 0 Å². The molecule has 0 bridgehead atoms. The van der Waals surface area contributed by atoms with Crippen LogP contribution in [0.15, 0.2) is 67.3 Å². The van der Waals surface area contributed by atoms with E-state index in [1.807, 2.05) is 0 Å². The number of benzene rings is 2. The van der Waals surface area contributed by atoms with E-state index in [0.29, 0.717) is 16.1 Å². The van der Waals surface area contributed by atoms with Gasteiger partial charge in [-0.05, 0) is 28.8 Å². The summed E-state index contributed by atoms with van der Waals surface area (Å²) in [6.07, 6.45) is -1.74. The number of rotatable bonds is 3. The second-order valence-corrected chi connectivity index (χ2v) is 4.42.